The summed E-state index contributed by atoms with van der Waals surface area (Å²) in [7, 11) is 0. The van der Waals surface area contributed by atoms with Gasteiger partial charge in [-0.3, -0.25) is 0 Å². The van der Waals surface area contributed by atoms with Gasteiger partial charge in [-0.15, -0.1) is 0 Å². The van der Waals surface area contributed by atoms with E-state index in [4.69, 9.17) is 10.2 Å². The van der Waals surface area contributed by atoms with Crippen LogP contribution in [0.1, 0.15) is 10.4 Å². The third-order valence-electron chi connectivity index (χ3n) is 2.31. The van der Waals surface area contributed by atoms with Crippen LogP contribution < -0.4 is 4.90 Å². The lowest BCUT2D eigenvalue weighted by molar-refractivity contribution is 0.0695. The highest BCUT2D eigenvalue weighted by Crippen LogP contribution is 2.25. The number of carboxylic acid groups (broad SMARTS) is 1. The summed E-state index contributed by atoms with van der Waals surface area (Å²) in [5, 5.41) is 17.3. The van der Waals surface area contributed by atoms with E-state index in [1.807, 2.05) is 0 Å². The van der Waals surface area contributed by atoms with E-state index in [2.05, 4.69) is 0 Å². The molecule has 0 aliphatic heterocycles. The van der Waals surface area contributed by atoms with Crippen molar-refractivity contribution in [1.29, 1.82) is 0 Å². The third kappa shape index (κ3) is 3.82. The molecule has 4 nitrogen and oxygen atoms in total. The van der Waals surface area contributed by atoms with Gasteiger partial charge >= 0.3 is 5.97 Å². The second-order valence-electron chi connectivity index (χ2n) is 3.65. The largest absolute Gasteiger partial charge is 0.478 e. The second-order valence-corrected chi connectivity index (χ2v) is 3.65. The maximum Gasteiger partial charge on any atom is 0.335 e. The highest BCUT2D eigenvalue weighted by Gasteiger charge is 2.22. The molecule has 0 heterocycles. The van der Waals surface area contributed by atoms with Crippen molar-refractivity contribution >= 4 is 11.7 Å². The predicted molar refractivity (Wildman–Crippen MR) is 58.6 cm³/mol. The summed E-state index contributed by atoms with van der Waals surface area (Å²) in [6, 6.07) is 1.08. The molecule has 1 aromatic rings. The summed E-state index contributed by atoms with van der Waals surface area (Å²) >= 11 is 0. The van der Waals surface area contributed by atoms with Crippen molar-refractivity contribution < 1.29 is 32.6 Å². The van der Waals surface area contributed by atoms with Crippen LogP contribution >= 0.6 is 0 Å². The molecular formula is C11H11F4NO3. The topological polar surface area (TPSA) is 60.8 Å². The minimum atomic E-state index is -2.86. The molecule has 0 aliphatic carbocycles. The summed E-state index contributed by atoms with van der Waals surface area (Å²) in [6.07, 6.45) is -2.86. The summed E-state index contributed by atoms with van der Waals surface area (Å²) < 4.78 is 51.9. The second kappa shape index (κ2) is 6.37. The highest BCUT2D eigenvalue weighted by molar-refractivity contribution is 5.88. The Labute approximate surface area is 105 Å². The molecule has 0 amide bonds. The zero-order chi connectivity index (χ0) is 14.6. The number of aromatic carboxylic acids is 1. The van der Waals surface area contributed by atoms with Crippen molar-refractivity contribution in [2.24, 2.45) is 0 Å². The molecule has 0 aliphatic rings. The third-order valence-corrected chi connectivity index (χ3v) is 2.31. The van der Waals surface area contributed by atoms with E-state index in [-0.39, 0.29) is 0 Å². The van der Waals surface area contributed by atoms with E-state index < -0.39 is 55.0 Å². The first-order valence-electron chi connectivity index (χ1n) is 5.23. The Kier molecular flexibility index (Phi) is 5.11. The first-order chi connectivity index (χ1) is 8.86. The number of carbonyl (C=O) groups is 1. The van der Waals surface area contributed by atoms with Crippen LogP contribution in [0.15, 0.2) is 12.1 Å². The maximum atomic E-state index is 13.6. The van der Waals surface area contributed by atoms with Crippen LogP contribution in [0, 0.1) is 11.6 Å². The zero-order valence-electron chi connectivity index (χ0n) is 9.62. The van der Waals surface area contributed by atoms with Gasteiger partial charge in [-0.1, -0.05) is 0 Å². The van der Waals surface area contributed by atoms with Crippen LogP contribution in [0.2, 0.25) is 0 Å². The highest BCUT2D eigenvalue weighted by atomic mass is 19.3. The van der Waals surface area contributed by atoms with Gasteiger partial charge in [0, 0.05) is 6.54 Å². The van der Waals surface area contributed by atoms with Gasteiger partial charge in [-0.05, 0) is 12.1 Å². The maximum absolute atomic E-state index is 13.6. The van der Waals surface area contributed by atoms with Crippen LogP contribution in [-0.4, -0.2) is 42.3 Å². The average molecular weight is 281 g/mol. The summed E-state index contributed by atoms with van der Waals surface area (Å²) in [5.74, 6) is -4.08. The smallest absolute Gasteiger partial charge is 0.335 e. The molecule has 0 saturated carbocycles. The molecule has 0 aromatic heterocycles. The van der Waals surface area contributed by atoms with Crippen molar-refractivity contribution in [3.63, 3.8) is 0 Å². The summed E-state index contributed by atoms with van der Waals surface area (Å²) in [4.78, 5) is 11.2. The quantitative estimate of drug-likeness (QED) is 0.780. The molecule has 0 atom stereocenters. The lowest BCUT2D eigenvalue weighted by Gasteiger charge is -2.24. The molecule has 106 valence electrons. The van der Waals surface area contributed by atoms with Crippen molar-refractivity contribution in [3.8, 4) is 0 Å². The SMILES string of the molecule is O=C(O)c1cc(F)c(N(CCO)CC(F)F)c(F)c1. The van der Waals surface area contributed by atoms with Gasteiger partial charge in [-0.2, -0.15) is 0 Å². The molecule has 0 spiro atoms. The molecule has 0 unspecified atom stereocenters. The zero-order valence-corrected chi connectivity index (χ0v) is 9.62. The number of halogens is 4. The number of anilines is 1. The number of hydrogen-bond donors (Lipinski definition) is 2. The summed E-state index contributed by atoms with van der Waals surface area (Å²) in [6.45, 7) is -1.95. The lowest BCUT2D eigenvalue weighted by Crippen LogP contribution is -2.33. The minimum Gasteiger partial charge on any atom is -0.478 e. The number of rotatable bonds is 6. The Balaban J connectivity index is 3.19. The van der Waals surface area contributed by atoms with E-state index >= 15 is 0 Å². The van der Waals surface area contributed by atoms with Gasteiger partial charge in [0.15, 0.2) is 0 Å². The Bertz CT molecular complexity index is 444. The molecule has 1 aromatic carbocycles. The fraction of sp³-hybridized carbons (Fsp3) is 0.364. The molecule has 2 N–H and O–H groups in total. The fourth-order valence-corrected chi connectivity index (χ4v) is 1.57. The molecule has 8 heteroatoms. The van der Waals surface area contributed by atoms with Crippen molar-refractivity contribution in [2.75, 3.05) is 24.6 Å². The van der Waals surface area contributed by atoms with Crippen LogP contribution in [-0.2, 0) is 0 Å². The molecule has 1 rings (SSSR count). The van der Waals surface area contributed by atoms with Gasteiger partial charge in [-0.25, -0.2) is 22.4 Å². The van der Waals surface area contributed by atoms with Crippen LogP contribution in [0.5, 0.6) is 0 Å². The molecule has 0 fully saturated rings. The minimum absolute atomic E-state index is 0.398. The molecule has 0 radical (unpaired) electrons. The van der Waals surface area contributed by atoms with Crippen LogP contribution in [0.3, 0.4) is 0 Å². The standard InChI is InChI=1S/C11H11F4NO3/c12-7-3-6(11(18)19)4-8(13)10(7)16(1-2-17)5-9(14)15/h3-4,9,17H,1-2,5H2,(H,18,19). The monoisotopic (exact) mass is 281 g/mol. The number of aliphatic hydroxyl groups is 1. The first kappa shape index (κ1) is 15.2. The van der Waals surface area contributed by atoms with E-state index in [9.17, 15) is 22.4 Å². The lowest BCUT2D eigenvalue weighted by atomic mass is 10.1. The van der Waals surface area contributed by atoms with Crippen molar-refractivity contribution in [2.45, 2.75) is 6.43 Å². The number of benzene rings is 1. The van der Waals surface area contributed by atoms with E-state index in [0.29, 0.717) is 17.0 Å². The van der Waals surface area contributed by atoms with Gasteiger partial charge in [0.2, 0.25) is 0 Å². The van der Waals surface area contributed by atoms with E-state index in [1.54, 1.807) is 0 Å². The van der Waals surface area contributed by atoms with Crippen LogP contribution in [0.4, 0.5) is 23.2 Å². The first-order valence-corrected chi connectivity index (χ1v) is 5.23. The van der Waals surface area contributed by atoms with Crippen molar-refractivity contribution in [3.05, 3.63) is 29.3 Å². The van der Waals surface area contributed by atoms with Gasteiger partial charge in [0.05, 0.1) is 18.7 Å². The normalized spacial score (nSPS) is 10.8. The average Bonchev–Trinajstić information content (AvgIpc) is 2.27. The number of hydrogen-bond acceptors (Lipinski definition) is 3. The summed E-state index contributed by atoms with van der Waals surface area (Å²) in [5.41, 5.74) is -1.40. The van der Waals surface area contributed by atoms with Crippen LogP contribution in [0.25, 0.3) is 0 Å². The van der Waals surface area contributed by atoms with Crippen molar-refractivity contribution in [1.82, 2.24) is 0 Å². The number of aliphatic hydroxyl groups excluding tert-OH is 1. The Hall–Kier alpha value is -1.83. The molecule has 19 heavy (non-hydrogen) atoms. The Morgan fingerprint density at radius 1 is 1.26 bits per heavy atom. The predicted octanol–water partition coefficient (Wildman–Crippen LogP) is 1.73. The number of alkyl halides is 2. The molecule has 0 bridgehead atoms. The number of nitrogens with zero attached hydrogens (tertiary/aromatic N) is 1. The van der Waals surface area contributed by atoms with Gasteiger partial charge < -0.3 is 15.1 Å². The Morgan fingerprint density at radius 2 is 1.79 bits per heavy atom. The Morgan fingerprint density at radius 3 is 2.16 bits per heavy atom. The van der Waals surface area contributed by atoms with E-state index in [1.165, 1.54) is 0 Å². The molecular weight excluding hydrogens is 270 g/mol. The fourth-order valence-electron chi connectivity index (χ4n) is 1.57. The van der Waals surface area contributed by atoms with Gasteiger partial charge in [0.1, 0.15) is 17.3 Å². The van der Waals surface area contributed by atoms with E-state index in [0.717, 1.165) is 0 Å². The number of carboxylic acids is 1. The molecule has 0 saturated heterocycles. The van der Waals surface area contributed by atoms with Gasteiger partial charge in [0.25, 0.3) is 6.43 Å².